The highest BCUT2D eigenvalue weighted by molar-refractivity contribution is 7.13. The van der Waals surface area contributed by atoms with Gasteiger partial charge in [0.15, 0.2) is 5.13 Å². The highest BCUT2D eigenvalue weighted by Gasteiger charge is 2.03. The molecule has 5 N–H and O–H groups in total. The molecule has 0 aliphatic heterocycles. The second-order valence-corrected chi connectivity index (χ2v) is 2.81. The summed E-state index contributed by atoms with van der Waals surface area (Å²) >= 11 is 1.30. The molecule has 0 aliphatic carbocycles. The van der Waals surface area contributed by atoms with Crippen LogP contribution in [0.2, 0.25) is 0 Å². The summed E-state index contributed by atoms with van der Waals surface area (Å²) in [5.74, 6) is 4.60. The topological polar surface area (TPSA) is 94.0 Å². The summed E-state index contributed by atoms with van der Waals surface area (Å²) in [5.41, 5.74) is 8.00. The molecule has 11 heavy (non-hydrogen) atoms. The molecule has 0 saturated heterocycles. The normalized spacial score (nSPS) is 9.55. The third kappa shape index (κ3) is 2.17. The largest absolute Gasteiger partial charge is 0.375 e. The van der Waals surface area contributed by atoms with E-state index in [2.05, 4.69) is 4.98 Å². The second-order valence-electron chi connectivity index (χ2n) is 1.92. The van der Waals surface area contributed by atoms with Crippen LogP contribution in [0.4, 0.5) is 5.13 Å². The van der Waals surface area contributed by atoms with Gasteiger partial charge in [-0.05, 0) is 0 Å². The predicted octanol–water partition coefficient (Wildman–Crippen LogP) is -0.742. The summed E-state index contributed by atoms with van der Waals surface area (Å²) < 4.78 is 0. The van der Waals surface area contributed by atoms with E-state index in [0.717, 1.165) is 0 Å². The van der Waals surface area contributed by atoms with Crippen molar-refractivity contribution in [2.45, 2.75) is 6.42 Å². The molecular weight excluding hydrogens is 164 g/mol. The van der Waals surface area contributed by atoms with Crippen LogP contribution in [0.25, 0.3) is 0 Å². The number of nitrogens with two attached hydrogens (primary N) is 2. The van der Waals surface area contributed by atoms with Gasteiger partial charge >= 0.3 is 0 Å². The molecule has 1 aromatic heterocycles. The zero-order valence-electron chi connectivity index (χ0n) is 5.70. The maximum absolute atomic E-state index is 10.7. The SMILES string of the molecule is NNC(=O)Cc1csc(N)n1. The Hall–Kier alpha value is -1.14. The van der Waals surface area contributed by atoms with Crippen molar-refractivity contribution in [2.75, 3.05) is 5.73 Å². The Morgan fingerprint density at radius 1 is 1.82 bits per heavy atom. The minimum Gasteiger partial charge on any atom is -0.375 e. The molecule has 0 aromatic carbocycles. The summed E-state index contributed by atoms with van der Waals surface area (Å²) in [4.78, 5) is 14.6. The van der Waals surface area contributed by atoms with Crippen LogP contribution in [0, 0.1) is 0 Å². The van der Waals surface area contributed by atoms with Crippen LogP contribution in [0.3, 0.4) is 0 Å². The third-order valence-electron chi connectivity index (χ3n) is 1.07. The summed E-state index contributed by atoms with van der Waals surface area (Å²) in [7, 11) is 0. The molecule has 0 atom stereocenters. The van der Waals surface area contributed by atoms with Crippen LogP contribution in [0.1, 0.15) is 5.69 Å². The molecule has 0 spiro atoms. The molecule has 0 fully saturated rings. The number of nitrogens with zero attached hydrogens (tertiary/aromatic N) is 1. The van der Waals surface area contributed by atoms with Gasteiger partial charge in [0, 0.05) is 5.38 Å². The number of carbonyl (C=O) groups is 1. The Kier molecular flexibility index (Phi) is 2.40. The van der Waals surface area contributed by atoms with Gasteiger partial charge in [-0.3, -0.25) is 10.2 Å². The number of hydrogen-bond acceptors (Lipinski definition) is 5. The lowest BCUT2D eigenvalue weighted by Crippen LogP contribution is -2.31. The number of anilines is 1. The molecule has 5 nitrogen and oxygen atoms in total. The van der Waals surface area contributed by atoms with Crippen LogP contribution in [0.15, 0.2) is 5.38 Å². The molecule has 6 heteroatoms. The summed E-state index contributed by atoms with van der Waals surface area (Å²) in [6.45, 7) is 0. The van der Waals surface area contributed by atoms with Gasteiger partial charge < -0.3 is 5.73 Å². The smallest absolute Gasteiger partial charge is 0.239 e. The maximum Gasteiger partial charge on any atom is 0.239 e. The maximum atomic E-state index is 10.7. The van der Waals surface area contributed by atoms with Crippen LogP contribution in [-0.4, -0.2) is 10.9 Å². The van der Waals surface area contributed by atoms with Crippen molar-refractivity contribution in [2.24, 2.45) is 5.84 Å². The van der Waals surface area contributed by atoms with E-state index in [-0.39, 0.29) is 12.3 Å². The van der Waals surface area contributed by atoms with Gasteiger partial charge in [0.25, 0.3) is 0 Å². The highest BCUT2D eigenvalue weighted by atomic mass is 32.1. The lowest BCUT2D eigenvalue weighted by atomic mass is 10.3. The van der Waals surface area contributed by atoms with Gasteiger partial charge in [-0.2, -0.15) is 0 Å². The predicted molar refractivity (Wildman–Crippen MR) is 42.6 cm³/mol. The van der Waals surface area contributed by atoms with E-state index in [1.165, 1.54) is 11.3 Å². The molecule has 1 heterocycles. The number of hydrogen-bond donors (Lipinski definition) is 3. The number of carbonyl (C=O) groups excluding carboxylic acids is 1. The quantitative estimate of drug-likeness (QED) is 0.311. The zero-order valence-corrected chi connectivity index (χ0v) is 6.52. The Bertz CT molecular complexity index is 259. The van der Waals surface area contributed by atoms with E-state index in [1.807, 2.05) is 5.43 Å². The van der Waals surface area contributed by atoms with Crippen molar-refractivity contribution in [3.63, 3.8) is 0 Å². The van der Waals surface area contributed by atoms with Gasteiger partial charge in [-0.1, -0.05) is 0 Å². The minimum atomic E-state index is -0.268. The van der Waals surface area contributed by atoms with Gasteiger partial charge in [0.1, 0.15) is 0 Å². The van der Waals surface area contributed by atoms with Crippen molar-refractivity contribution in [3.05, 3.63) is 11.1 Å². The fourth-order valence-corrected chi connectivity index (χ4v) is 1.18. The van der Waals surface area contributed by atoms with E-state index >= 15 is 0 Å². The lowest BCUT2D eigenvalue weighted by Gasteiger charge is -1.93. The lowest BCUT2D eigenvalue weighted by molar-refractivity contribution is -0.120. The van der Waals surface area contributed by atoms with E-state index in [1.54, 1.807) is 5.38 Å². The molecule has 1 aromatic rings. The van der Waals surface area contributed by atoms with Crippen molar-refractivity contribution in [1.29, 1.82) is 0 Å². The molecule has 0 bridgehead atoms. The Balaban J connectivity index is 2.57. The van der Waals surface area contributed by atoms with Crippen LogP contribution >= 0.6 is 11.3 Å². The number of aromatic nitrogens is 1. The van der Waals surface area contributed by atoms with Gasteiger partial charge in [0.05, 0.1) is 12.1 Å². The fraction of sp³-hybridized carbons (Fsp3) is 0.200. The van der Waals surface area contributed by atoms with Crippen molar-refractivity contribution in [1.82, 2.24) is 10.4 Å². The van der Waals surface area contributed by atoms with Crippen molar-refractivity contribution < 1.29 is 4.79 Å². The van der Waals surface area contributed by atoms with Gasteiger partial charge in [-0.25, -0.2) is 10.8 Å². The highest BCUT2D eigenvalue weighted by Crippen LogP contribution is 2.10. The first-order valence-electron chi connectivity index (χ1n) is 2.91. The molecule has 1 rings (SSSR count). The Labute approximate surface area is 67.4 Å². The standard InChI is InChI=1S/C5H8N4OS/c6-5-8-3(2-11-5)1-4(10)9-7/h2H,1,7H2,(H2,6,8)(H,9,10). The average molecular weight is 172 g/mol. The second kappa shape index (κ2) is 3.31. The molecule has 1 amide bonds. The van der Waals surface area contributed by atoms with Crippen molar-refractivity contribution >= 4 is 22.4 Å². The first-order chi connectivity index (χ1) is 5.22. The number of nitrogens with one attached hydrogen (secondary N) is 1. The number of thiazole rings is 1. The van der Waals surface area contributed by atoms with E-state index in [0.29, 0.717) is 10.8 Å². The average Bonchev–Trinajstić information content (AvgIpc) is 2.35. The number of nitrogen functional groups attached to an aromatic ring is 1. The summed E-state index contributed by atoms with van der Waals surface area (Å²) in [6.07, 6.45) is 0.185. The first-order valence-corrected chi connectivity index (χ1v) is 3.79. The third-order valence-corrected chi connectivity index (χ3v) is 1.79. The number of amides is 1. The van der Waals surface area contributed by atoms with Crippen LogP contribution in [0.5, 0.6) is 0 Å². The molecule has 0 unspecified atom stereocenters. The monoisotopic (exact) mass is 172 g/mol. The number of rotatable bonds is 2. The van der Waals surface area contributed by atoms with Gasteiger partial charge in [0.2, 0.25) is 5.91 Å². The first kappa shape index (κ1) is 7.96. The van der Waals surface area contributed by atoms with Crippen LogP contribution < -0.4 is 17.0 Å². The Morgan fingerprint density at radius 3 is 3.00 bits per heavy atom. The molecule has 60 valence electrons. The number of hydrazine groups is 1. The van der Waals surface area contributed by atoms with Crippen molar-refractivity contribution in [3.8, 4) is 0 Å². The molecule has 0 radical (unpaired) electrons. The van der Waals surface area contributed by atoms with Crippen LogP contribution in [-0.2, 0) is 11.2 Å². The van der Waals surface area contributed by atoms with E-state index in [9.17, 15) is 4.79 Å². The summed E-state index contributed by atoms with van der Waals surface area (Å²) in [5, 5.41) is 2.19. The molecule has 0 saturated carbocycles. The van der Waals surface area contributed by atoms with Gasteiger partial charge in [-0.15, -0.1) is 11.3 Å². The summed E-state index contributed by atoms with van der Waals surface area (Å²) in [6, 6.07) is 0. The molecular formula is C5H8N4OS. The van der Waals surface area contributed by atoms with E-state index in [4.69, 9.17) is 11.6 Å². The minimum absolute atomic E-state index is 0.185. The Morgan fingerprint density at radius 2 is 2.55 bits per heavy atom. The zero-order chi connectivity index (χ0) is 8.27. The van der Waals surface area contributed by atoms with E-state index < -0.39 is 0 Å². The fourth-order valence-electron chi connectivity index (χ4n) is 0.619. The molecule has 0 aliphatic rings.